The maximum atomic E-state index is 13.0. The Bertz CT molecular complexity index is 711. The minimum absolute atomic E-state index is 0.0351. The molecule has 0 saturated carbocycles. The normalized spacial score (nSPS) is 24.2. The third-order valence-corrected chi connectivity index (χ3v) is 5.60. The van der Waals surface area contributed by atoms with Gasteiger partial charge in [0.25, 0.3) is 0 Å². The molecule has 3 saturated heterocycles. The molecule has 2 bridgehead atoms. The Morgan fingerprint density at radius 3 is 2.27 bits per heavy atom. The van der Waals surface area contributed by atoms with Crippen LogP contribution in [0.3, 0.4) is 0 Å². The summed E-state index contributed by atoms with van der Waals surface area (Å²) in [5.41, 5.74) is 2.12. The van der Waals surface area contributed by atoms with E-state index in [1.165, 1.54) is 5.56 Å². The number of fused-ring (bicyclic) bond motifs is 3. The number of ether oxygens (including phenoxy) is 1. The Labute approximate surface area is 155 Å². The van der Waals surface area contributed by atoms with Gasteiger partial charge in [-0.3, -0.25) is 9.80 Å². The fraction of sp³-hybridized carbons (Fsp3) is 0.409. The highest BCUT2D eigenvalue weighted by molar-refractivity contribution is 5.87. The molecule has 2 aromatic rings. The molecule has 0 spiro atoms. The molecule has 1 amide bonds. The van der Waals surface area contributed by atoms with Crippen LogP contribution in [0, 0.1) is 5.92 Å². The van der Waals surface area contributed by atoms with Gasteiger partial charge in [0.05, 0.1) is 0 Å². The van der Waals surface area contributed by atoms with Gasteiger partial charge in [-0.2, -0.15) is 0 Å². The van der Waals surface area contributed by atoms with Crippen molar-refractivity contribution >= 4 is 11.8 Å². The molecule has 0 aliphatic carbocycles. The van der Waals surface area contributed by atoms with Crippen molar-refractivity contribution in [1.29, 1.82) is 0 Å². The van der Waals surface area contributed by atoms with E-state index in [2.05, 4.69) is 17.0 Å². The zero-order valence-corrected chi connectivity index (χ0v) is 15.1. The number of nitrogens with zero attached hydrogens (tertiary/aromatic N) is 2. The molecule has 4 heteroatoms. The van der Waals surface area contributed by atoms with Crippen LogP contribution in [0.1, 0.15) is 18.4 Å². The van der Waals surface area contributed by atoms with Crippen molar-refractivity contribution in [2.24, 2.45) is 5.92 Å². The first-order chi connectivity index (χ1) is 12.8. The Balaban J connectivity index is 1.46. The quantitative estimate of drug-likeness (QED) is 0.818. The summed E-state index contributed by atoms with van der Waals surface area (Å²) in [5, 5.41) is 0. The van der Waals surface area contributed by atoms with Gasteiger partial charge in [0.15, 0.2) is 0 Å². The van der Waals surface area contributed by atoms with Crippen molar-refractivity contribution in [3.8, 4) is 0 Å². The second-order valence-corrected chi connectivity index (χ2v) is 7.28. The van der Waals surface area contributed by atoms with E-state index >= 15 is 0 Å². The molecule has 1 atom stereocenters. The van der Waals surface area contributed by atoms with Gasteiger partial charge in [0, 0.05) is 18.8 Å². The first-order valence-corrected chi connectivity index (χ1v) is 9.59. The van der Waals surface area contributed by atoms with Crippen LogP contribution < -0.4 is 4.90 Å². The van der Waals surface area contributed by atoms with Crippen molar-refractivity contribution in [3.63, 3.8) is 0 Å². The van der Waals surface area contributed by atoms with Crippen molar-refractivity contribution in [1.82, 2.24) is 4.90 Å². The molecular weight excluding hydrogens is 324 g/mol. The van der Waals surface area contributed by atoms with Crippen LogP contribution in [-0.4, -0.2) is 43.3 Å². The largest absolute Gasteiger partial charge is 0.444 e. The van der Waals surface area contributed by atoms with E-state index in [9.17, 15) is 4.79 Å². The zero-order chi connectivity index (χ0) is 17.8. The number of anilines is 1. The number of rotatable bonds is 5. The van der Waals surface area contributed by atoms with E-state index in [-0.39, 0.29) is 12.2 Å². The number of piperidine rings is 3. The van der Waals surface area contributed by atoms with Gasteiger partial charge in [-0.05, 0) is 56.0 Å². The molecule has 5 rings (SSSR count). The van der Waals surface area contributed by atoms with E-state index in [1.54, 1.807) is 4.90 Å². The van der Waals surface area contributed by atoms with Crippen LogP contribution in [0.15, 0.2) is 60.7 Å². The highest BCUT2D eigenvalue weighted by Gasteiger charge is 2.37. The third-order valence-electron chi connectivity index (χ3n) is 5.60. The maximum Gasteiger partial charge on any atom is 0.414 e. The second kappa shape index (κ2) is 7.92. The molecule has 2 aromatic carbocycles. The highest BCUT2D eigenvalue weighted by atomic mass is 16.6. The molecule has 3 fully saturated rings. The number of carbonyl (C=O) groups excluding carboxylic acids is 1. The summed E-state index contributed by atoms with van der Waals surface area (Å²) in [4.78, 5) is 17.2. The molecule has 26 heavy (non-hydrogen) atoms. The van der Waals surface area contributed by atoms with E-state index < -0.39 is 0 Å². The average molecular weight is 350 g/mol. The number of para-hydroxylation sites is 1. The monoisotopic (exact) mass is 350 g/mol. The Morgan fingerprint density at radius 2 is 1.65 bits per heavy atom. The van der Waals surface area contributed by atoms with E-state index in [1.807, 2.05) is 48.5 Å². The standard InChI is InChI=1S/C22H26N2O2/c25-22(26-21-17-23-14-12-19(21)13-15-23)24(20-9-5-2-6-10-20)16-11-18-7-3-1-4-8-18/h1-10,19,21H,11-17H2/t21-/m0/s1. The van der Waals surface area contributed by atoms with Crippen LogP contribution in [0.5, 0.6) is 0 Å². The topological polar surface area (TPSA) is 32.8 Å². The number of hydrogen-bond donors (Lipinski definition) is 0. The SMILES string of the molecule is O=C(O[C@H]1CN2CCC1CC2)N(CCc1ccccc1)c1ccccc1. The Kier molecular flexibility index (Phi) is 5.21. The van der Waals surface area contributed by atoms with E-state index in [0.717, 1.165) is 44.6 Å². The lowest BCUT2D eigenvalue weighted by atomic mass is 9.86. The summed E-state index contributed by atoms with van der Waals surface area (Å²) in [6.07, 6.45) is 2.92. The molecule has 3 aliphatic heterocycles. The number of hydrogen-bond acceptors (Lipinski definition) is 3. The van der Waals surface area contributed by atoms with E-state index in [4.69, 9.17) is 4.74 Å². The summed E-state index contributed by atoms with van der Waals surface area (Å²) in [5.74, 6) is 0.524. The van der Waals surface area contributed by atoms with Crippen LogP contribution in [0.2, 0.25) is 0 Å². The number of benzene rings is 2. The summed E-state index contributed by atoms with van der Waals surface area (Å²) in [6.45, 7) is 3.80. The predicted octanol–water partition coefficient (Wildman–Crippen LogP) is 3.97. The fourth-order valence-electron chi connectivity index (χ4n) is 4.06. The van der Waals surface area contributed by atoms with Gasteiger partial charge in [0.1, 0.15) is 6.10 Å². The Hall–Kier alpha value is -2.33. The van der Waals surface area contributed by atoms with Gasteiger partial charge in [-0.1, -0.05) is 48.5 Å². The molecule has 4 nitrogen and oxygen atoms in total. The van der Waals surface area contributed by atoms with Crippen molar-refractivity contribution in [2.45, 2.75) is 25.4 Å². The average Bonchev–Trinajstić information content (AvgIpc) is 2.71. The summed E-state index contributed by atoms with van der Waals surface area (Å²) >= 11 is 0. The smallest absolute Gasteiger partial charge is 0.414 e. The van der Waals surface area contributed by atoms with Gasteiger partial charge in [-0.15, -0.1) is 0 Å². The van der Waals surface area contributed by atoms with Gasteiger partial charge < -0.3 is 4.74 Å². The molecule has 0 aromatic heterocycles. The lowest BCUT2D eigenvalue weighted by Gasteiger charge is -2.44. The lowest BCUT2D eigenvalue weighted by Crippen LogP contribution is -2.53. The van der Waals surface area contributed by atoms with Crippen LogP contribution in [0.4, 0.5) is 10.5 Å². The van der Waals surface area contributed by atoms with E-state index in [0.29, 0.717) is 12.5 Å². The van der Waals surface area contributed by atoms with Crippen molar-refractivity contribution in [2.75, 3.05) is 31.1 Å². The molecule has 0 unspecified atom stereocenters. The fourth-order valence-corrected chi connectivity index (χ4v) is 4.06. The minimum Gasteiger partial charge on any atom is -0.444 e. The molecular formula is C22H26N2O2. The molecule has 0 N–H and O–H groups in total. The predicted molar refractivity (Wildman–Crippen MR) is 103 cm³/mol. The first-order valence-electron chi connectivity index (χ1n) is 9.59. The molecule has 3 aliphatic rings. The van der Waals surface area contributed by atoms with Crippen LogP contribution >= 0.6 is 0 Å². The number of amides is 1. The second-order valence-electron chi connectivity index (χ2n) is 7.28. The maximum absolute atomic E-state index is 13.0. The summed E-state index contributed by atoms with van der Waals surface area (Å²) < 4.78 is 5.98. The molecule has 3 heterocycles. The molecule has 136 valence electrons. The lowest BCUT2D eigenvalue weighted by molar-refractivity contribution is -0.0310. The number of carbonyl (C=O) groups is 1. The summed E-state index contributed by atoms with van der Waals surface area (Å²) in [7, 11) is 0. The first kappa shape index (κ1) is 17.1. The van der Waals surface area contributed by atoms with Crippen molar-refractivity contribution < 1.29 is 9.53 Å². The van der Waals surface area contributed by atoms with Crippen LogP contribution in [-0.2, 0) is 11.2 Å². The third kappa shape index (κ3) is 3.91. The van der Waals surface area contributed by atoms with Crippen molar-refractivity contribution in [3.05, 3.63) is 66.2 Å². The minimum atomic E-state index is -0.217. The van der Waals surface area contributed by atoms with Gasteiger partial charge in [-0.25, -0.2) is 4.79 Å². The van der Waals surface area contributed by atoms with Crippen LogP contribution in [0.25, 0.3) is 0 Å². The summed E-state index contributed by atoms with van der Waals surface area (Å²) in [6, 6.07) is 20.1. The van der Waals surface area contributed by atoms with Gasteiger partial charge >= 0.3 is 6.09 Å². The zero-order valence-electron chi connectivity index (χ0n) is 15.1. The molecule has 0 radical (unpaired) electrons. The highest BCUT2D eigenvalue weighted by Crippen LogP contribution is 2.30. The van der Waals surface area contributed by atoms with Gasteiger partial charge in [0.2, 0.25) is 0 Å². The Morgan fingerprint density at radius 1 is 1.00 bits per heavy atom.